The molecule has 5 nitrogen and oxygen atoms in total. The summed E-state index contributed by atoms with van der Waals surface area (Å²) in [6.45, 7) is 0. The first-order chi connectivity index (χ1) is 4.54. The first kappa shape index (κ1) is 13.9. The van der Waals surface area contributed by atoms with Gasteiger partial charge in [-0.25, -0.2) is 0 Å². The van der Waals surface area contributed by atoms with Gasteiger partial charge in [0, 0.05) is 6.42 Å². The van der Waals surface area contributed by atoms with E-state index in [1.54, 1.807) is 0 Å². The van der Waals surface area contributed by atoms with Crippen LogP contribution in [-0.2, 0) is 9.59 Å². The van der Waals surface area contributed by atoms with Gasteiger partial charge in [0.25, 0.3) is 0 Å². The molecule has 0 rings (SSSR count). The number of hydrogen-bond donors (Lipinski definition) is 3. The third-order valence-electron chi connectivity index (χ3n) is 0.986. The van der Waals surface area contributed by atoms with Crippen molar-refractivity contribution in [1.29, 1.82) is 0 Å². The molecular formula is C5H11NO4Sr. The van der Waals surface area contributed by atoms with E-state index in [9.17, 15) is 9.59 Å². The summed E-state index contributed by atoms with van der Waals surface area (Å²) in [5.41, 5.74) is 5.00. The Bertz CT molecular complexity index is 157. The third kappa shape index (κ3) is 8.29. The summed E-state index contributed by atoms with van der Waals surface area (Å²) in [5, 5.41) is 16.3. The fourth-order valence-electron chi connectivity index (χ4n) is 0.402. The van der Waals surface area contributed by atoms with Crippen LogP contribution in [0.3, 0.4) is 0 Å². The van der Waals surface area contributed by atoms with Crippen LogP contribution in [0, 0.1) is 0 Å². The molecule has 0 spiro atoms. The Hall–Kier alpha value is 0.381. The summed E-state index contributed by atoms with van der Waals surface area (Å²) in [6, 6.07) is -1.06. The fourth-order valence-corrected chi connectivity index (χ4v) is 0.402. The van der Waals surface area contributed by atoms with Crippen molar-refractivity contribution >= 4 is 57.4 Å². The van der Waals surface area contributed by atoms with Crippen molar-refractivity contribution in [3.05, 3.63) is 0 Å². The van der Waals surface area contributed by atoms with E-state index in [0.29, 0.717) is 0 Å². The molecule has 0 fully saturated rings. The minimum Gasteiger partial charge on any atom is -1.00 e. The van der Waals surface area contributed by atoms with Crippen LogP contribution in [0.2, 0.25) is 0 Å². The van der Waals surface area contributed by atoms with E-state index >= 15 is 0 Å². The maximum atomic E-state index is 9.99. The Morgan fingerprint density at radius 1 is 1.45 bits per heavy atom. The number of carboxylic acids is 2. The first-order valence-corrected chi connectivity index (χ1v) is 2.74. The molecule has 0 bridgehead atoms. The Balaban J connectivity index is -0.000000135. The third-order valence-corrected chi connectivity index (χ3v) is 0.986. The molecule has 0 aromatic carbocycles. The van der Waals surface area contributed by atoms with Crippen LogP contribution in [0.5, 0.6) is 0 Å². The second-order valence-electron chi connectivity index (χ2n) is 1.88. The van der Waals surface area contributed by atoms with Crippen molar-refractivity contribution in [2.75, 3.05) is 0 Å². The average Bonchev–Trinajstić information content (AvgIpc) is 1.82. The Morgan fingerprint density at radius 3 is 2.18 bits per heavy atom. The van der Waals surface area contributed by atoms with Crippen molar-refractivity contribution in [2.24, 2.45) is 5.73 Å². The maximum absolute atomic E-state index is 9.99. The molecule has 0 radical (unpaired) electrons. The first-order valence-electron chi connectivity index (χ1n) is 2.74. The van der Waals surface area contributed by atoms with Gasteiger partial charge in [0.2, 0.25) is 0 Å². The molecule has 4 N–H and O–H groups in total. The van der Waals surface area contributed by atoms with E-state index < -0.39 is 18.0 Å². The molecule has 0 amide bonds. The van der Waals surface area contributed by atoms with Gasteiger partial charge in [0.1, 0.15) is 6.04 Å². The second kappa shape index (κ2) is 7.05. The molecule has 0 aliphatic carbocycles. The predicted octanol–water partition coefficient (Wildman–Crippen LogP) is -0.893. The van der Waals surface area contributed by atoms with Crippen LogP contribution >= 0.6 is 0 Å². The summed E-state index contributed by atoms with van der Waals surface area (Å²) in [6.07, 6.45) is -0.224. The number of carboxylic acid groups (broad SMARTS) is 2. The maximum Gasteiger partial charge on any atom is 2.00 e. The van der Waals surface area contributed by atoms with Gasteiger partial charge in [0.15, 0.2) is 0 Å². The molecular weight excluding hydrogens is 226 g/mol. The molecule has 0 heterocycles. The van der Waals surface area contributed by atoms with Gasteiger partial charge in [0.05, 0.1) is 0 Å². The monoisotopic (exact) mass is 237 g/mol. The van der Waals surface area contributed by atoms with Crippen LogP contribution in [0.15, 0.2) is 0 Å². The Kier molecular flexibility index (Phi) is 8.94. The van der Waals surface area contributed by atoms with Crippen molar-refractivity contribution in [3.8, 4) is 0 Å². The zero-order valence-corrected chi connectivity index (χ0v) is 9.46. The quantitative estimate of drug-likeness (QED) is 0.550. The fraction of sp³-hybridized carbons (Fsp3) is 0.600. The summed E-state index contributed by atoms with van der Waals surface area (Å²) < 4.78 is 0. The van der Waals surface area contributed by atoms with Crippen LogP contribution in [0.25, 0.3) is 0 Å². The number of hydrogen-bond acceptors (Lipinski definition) is 3. The van der Waals surface area contributed by atoms with Crippen molar-refractivity contribution in [1.82, 2.24) is 0 Å². The van der Waals surface area contributed by atoms with Crippen molar-refractivity contribution in [3.63, 3.8) is 0 Å². The number of nitrogens with two attached hydrogens (primary N) is 1. The van der Waals surface area contributed by atoms with Crippen molar-refractivity contribution in [2.45, 2.75) is 18.9 Å². The van der Waals surface area contributed by atoms with Gasteiger partial charge in [-0.2, -0.15) is 0 Å². The standard InChI is InChI=1S/C5H9NO4.Sr.2H/c6-3(5(9)10)1-2-4(7)8;;;/h3H,1-2,6H2,(H,7,8)(H,9,10);;;/q;+2;2*-1/t3-;;;/m1.../s1. The summed E-state index contributed by atoms with van der Waals surface area (Å²) in [5.74, 6) is -2.20. The number of carbonyl (C=O) groups is 2. The van der Waals surface area contributed by atoms with E-state index in [2.05, 4.69) is 0 Å². The van der Waals surface area contributed by atoms with Gasteiger partial charge >= 0.3 is 57.4 Å². The summed E-state index contributed by atoms with van der Waals surface area (Å²) >= 11 is 0. The Labute approximate surface area is 104 Å². The number of rotatable bonds is 4. The topological polar surface area (TPSA) is 101 Å². The van der Waals surface area contributed by atoms with Gasteiger partial charge in [-0.1, -0.05) is 0 Å². The van der Waals surface area contributed by atoms with E-state index in [1.165, 1.54) is 0 Å². The largest absolute Gasteiger partial charge is 2.00 e. The molecule has 11 heavy (non-hydrogen) atoms. The number of aliphatic carboxylic acids is 2. The van der Waals surface area contributed by atoms with E-state index in [4.69, 9.17) is 15.9 Å². The van der Waals surface area contributed by atoms with Gasteiger partial charge in [-0.15, -0.1) is 0 Å². The smallest absolute Gasteiger partial charge is 1.00 e. The normalized spacial score (nSPS) is 11.4. The van der Waals surface area contributed by atoms with E-state index in [0.717, 1.165) is 0 Å². The Morgan fingerprint density at radius 2 is 1.91 bits per heavy atom. The minimum atomic E-state index is -1.17. The van der Waals surface area contributed by atoms with Gasteiger partial charge < -0.3 is 18.8 Å². The van der Waals surface area contributed by atoms with Crippen LogP contribution in [0.1, 0.15) is 15.7 Å². The van der Waals surface area contributed by atoms with Gasteiger partial charge in [-0.3, -0.25) is 9.59 Å². The van der Waals surface area contributed by atoms with E-state index in [1.807, 2.05) is 0 Å². The molecule has 0 aromatic rings. The molecule has 0 unspecified atom stereocenters. The zero-order valence-electron chi connectivity index (χ0n) is 7.99. The molecule has 62 valence electrons. The molecule has 0 aromatic heterocycles. The van der Waals surface area contributed by atoms with Crippen molar-refractivity contribution < 1.29 is 22.7 Å². The SMILES string of the molecule is N[C@H](CCC(=O)O)C(=O)O.[H-].[H-].[Sr+2]. The van der Waals surface area contributed by atoms with Gasteiger partial charge in [-0.05, 0) is 6.42 Å². The van der Waals surface area contributed by atoms with Crippen LogP contribution in [0.4, 0.5) is 0 Å². The summed E-state index contributed by atoms with van der Waals surface area (Å²) in [4.78, 5) is 19.9. The summed E-state index contributed by atoms with van der Waals surface area (Å²) in [7, 11) is 0. The van der Waals surface area contributed by atoms with Crippen LogP contribution in [-0.4, -0.2) is 73.7 Å². The molecule has 0 saturated carbocycles. The molecule has 6 heteroatoms. The average molecular weight is 237 g/mol. The van der Waals surface area contributed by atoms with Crippen LogP contribution < -0.4 is 5.73 Å². The molecule has 1 atom stereocenters. The molecule has 0 aliphatic heterocycles. The second-order valence-corrected chi connectivity index (χ2v) is 1.88. The zero-order chi connectivity index (χ0) is 8.15. The molecule has 0 aliphatic rings. The predicted molar refractivity (Wildman–Crippen MR) is 40.5 cm³/mol. The molecule has 0 saturated heterocycles. The minimum absolute atomic E-state index is 0. The van der Waals surface area contributed by atoms with E-state index in [-0.39, 0.29) is 61.2 Å².